The first kappa shape index (κ1) is 14.3. The van der Waals surface area contributed by atoms with Gasteiger partial charge in [-0.1, -0.05) is 6.07 Å². The lowest BCUT2D eigenvalue weighted by atomic mass is 10.1. The van der Waals surface area contributed by atoms with Gasteiger partial charge in [0.15, 0.2) is 0 Å². The molecule has 1 aromatic rings. The molecule has 1 aromatic carbocycles. The second-order valence-corrected chi connectivity index (χ2v) is 4.95. The van der Waals surface area contributed by atoms with Crippen molar-refractivity contribution in [1.82, 2.24) is 5.32 Å². The number of ether oxygens (including phenoxy) is 2. The van der Waals surface area contributed by atoms with Crippen LogP contribution in [0.4, 0.5) is 0 Å². The van der Waals surface area contributed by atoms with Gasteiger partial charge in [0.05, 0.1) is 6.61 Å². The molecule has 4 heteroatoms. The number of hydrogen-bond acceptors (Lipinski definition) is 4. The van der Waals surface area contributed by atoms with Crippen LogP contribution < -0.4 is 10.1 Å². The summed E-state index contributed by atoms with van der Waals surface area (Å²) in [5.74, 6) is 0.858. The first-order chi connectivity index (χ1) is 9.29. The van der Waals surface area contributed by atoms with Gasteiger partial charge in [0.1, 0.15) is 18.5 Å². The van der Waals surface area contributed by atoms with E-state index in [1.807, 2.05) is 6.07 Å². The van der Waals surface area contributed by atoms with Crippen LogP contribution in [-0.2, 0) is 17.6 Å². The van der Waals surface area contributed by atoms with Gasteiger partial charge in [-0.15, -0.1) is 0 Å². The van der Waals surface area contributed by atoms with Crippen LogP contribution >= 0.6 is 0 Å². The summed E-state index contributed by atoms with van der Waals surface area (Å²) < 4.78 is 10.5. The van der Waals surface area contributed by atoms with Crippen molar-refractivity contribution >= 4 is 0 Å². The first-order valence-electron chi connectivity index (χ1n) is 6.92. The fourth-order valence-corrected chi connectivity index (χ4v) is 2.33. The molecular weight excluding hydrogens is 242 g/mol. The molecule has 1 aliphatic rings. The highest BCUT2D eigenvalue weighted by Crippen LogP contribution is 2.25. The normalized spacial score (nSPS) is 15.3. The summed E-state index contributed by atoms with van der Waals surface area (Å²) >= 11 is 0. The van der Waals surface area contributed by atoms with Crippen LogP contribution in [0.3, 0.4) is 0 Å². The van der Waals surface area contributed by atoms with Crippen molar-refractivity contribution in [2.45, 2.75) is 25.4 Å². The van der Waals surface area contributed by atoms with Gasteiger partial charge in [-0.2, -0.15) is 0 Å². The summed E-state index contributed by atoms with van der Waals surface area (Å²) in [5, 5.41) is 12.9. The smallest absolute Gasteiger partial charge is 0.119 e. The predicted octanol–water partition coefficient (Wildman–Crippen LogP) is 1.15. The molecule has 19 heavy (non-hydrogen) atoms. The molecular formula is C15H23NO3. The average molecular weight is 265 g/mol. The highest BCUT2D eigenvalue weighted by atomic mass is 16.5. The van der Waals surface area contributed by atoms with E-state index in [0.717, 1.165) is 18.7 Å². The summed E-state index contributed by atoms with van der Waals surface area (Å²) in [7, 11) is 1.66. The summed E-state index contributed by atoms with van der Waals surface area (Å²) in [4.78, 5) is 0. The minimum absolute atomic E-state index is 0.318. The largest absolute Gasteiger partial charge is 0.491 e. The second-order valence-electron chi connectivity index (χ2n) is 4.95. The quantitative estimate of drug-likeness (QED) is 0.692. The highest BCUT2D eigenvalue weighted by molar-refractivity contribution is 5.38. The minimum Gasteiger partial charge on any atom is -0.491 e. The van der Waals surface area contributed by atoms with Gasteiger partial charge in [-0.05, 0) is 42.5 Å². The van der Waals surface area contributed by atoms with Crippen molar-refractivity contribution in [3.8, 4) is 5.75 Å². The second kappa shape index (κ2) is 7.48. The summed E-state index contributed by atoms with van der Waals surface area (Å²) in [6, 6.07) is 6.24. The Bertz CT molecular complexity index is 395. The zero-order valence-electron chi connectivity index (χ0n) is 11.5. The molecule has 0 saturated heterocycles. The van der Waals surface area contributed by atoms with E-state index in [1.54, 1.807) is 7.11 Å². The van der Waals surface area contributed by atoms with E-state index >= 15 is 0 Å². The minimum atomic E-state index is -0.495. The molecule has 4 nitrogen and oxygen atoms in total. The Morgan fingerprint density at radius 2 is 2.16 bits per heavy atom. The van der Waals surface area contributed by atoms with Crippen LogP contribution in [0.15, 0.2) is 18.2 Å². The first-order valence-corrected chi connectivity index (χ1v) is 6.92. The molecule has 0 aliphatic heterocycles. The van der Waals surface area contributed by atoms with Gasteiger partial charge in [0.25, 0.3) is 0 Å². The molecule has 0 bridgehead atoms. The lowest BCUT2D eigenvalue weighted by molar-refractivity contribution is 0.103. The van der Waals surface area contributed by atoms with E-state index in [1.165, 1.54) is 24.0 Å². The van der Waals surface area contributed by atoms with Crippen molar-refractivity contribution in [3.63, 3.8) is 0 Å². The van der Waals surface area contributed by atoms with Crippen molar-refractivity contribution in [3.05, 3.63) is 29.3 Å². The topological polar surface area (TPSA) is 50.7 Å². The van der Waals surface area contributed by atoms with Gasteiger partial charge >= 0.3 is 0 Å². The molecule has 0 fully saturated rings. The van der Waals surface area contributed by atoms with E-state index < -0.39 is 6.10 Å². The van der Waals surface area contributed by atoms with Crippen LogP contribution in [0.1, 0.15) is 17.5 Å². The Balaban J connectivity index is 1.70. The van der Waals surface area contributed by atoms with Gasteiger partial charge in [0, 0.05) is 20.2 Å². The van der Waals surface area contributed by atoms with Gasteiger partial charge in [0.2, 0.25) is 0 Å². The number of aliphatic hydroxyl groups is 1. The third kappa shape index (κ3) is 4.49. The third-order valence-electron chi connectivity index (χ3n) is 3.38. The molecule has 0 radical (unpaired) electrons. The molecule has 106 valence electrons. The number of rotatable bonds is 8. The number of aryl methyl sites for hydroxylation is 2. The van der Waals surface area contributed by atoms with Gasteiger partial charge in [-0.3, -0.25) is 0 Å². The van der Waals surface area contributed by atoms with Crippen molar-refractivity contribution in [2.75, 3.05) is 33.4 Å². The molecule has 1 atom stereocenters. The van der Waals surface area contributed by atoms with Gasteiger partial charge < -0.3 is 19.9 Å². The molecule has 0 amide bonds. The number of methoxy groups -OCH3 is 1. The van der Waals surface area contributed by atoms with E-state index in [9.17, 15) is 5.11 Å². The third-order valence-corrected chi connectivity index (χ3v) is 3.38. The van der Waals surface area contributed by atoms with Crippen LogP contribution in [0.5, 0.6) is 5.75 Å². The van der Waals surface area contributed by atoms with Gasteiger partial charge in [-0.25, -0.2) is 0 Å². The van der Waals surface area contributed by atoms with Crippen LogP contribution in [0.25, 0.3) is 0 Å². The Morgan fingerprint density at radius 3 is 3.00 bits per heavy atom. The van der Waals surface area contributed by atoms with Crippen LogP contribution in [-0.4, -0.2) is 44.6 Å². The van der Waals surface area contributed by atoms with E-state index in [-0.39, 0.29) is 0 Å². The molecule has 0 heterocycles. The zero-order valence-corrected chi connectivity index (χ0v) is 11.5. The average Bonchev–Trinajstić information content (AvgIpc) is 2.89. The van der Waals surface area contributed by atoms with Crippen molar-refractivity contribution in [1.29, 1.82) is 0 Å². The Kier molecular flexibility index (Phi) is 5.63. The lowest BCUT2D eigenvalue weighted by Crippen LogP contribution is -2.33. The van der Waals surface area contributed by atoms with E-state index in [4.69, 9.17) is 9.47 Å². The molecule has 2 rings (SSSR count). The zero-order chi connectivity index (χ0) is 13.5. The molecule has 0 aromatic heterocycles. The maximum absolute atomic E-state index is 9.77. The monoisotopic (exact) mass is 265 g/mol. The molecule has 0 saturated carbocycles. The fraction of sp³-hybridized carbons (Fsp3) is 0.600. The maximum atomic E-state index is 9.77. The Morgan fingerprint density at radius 1 is 1.32 bits per heavy atom. The number of aliphatic hydroxyl groups excluding tert-OH is 1. The highest BCUT2D eigenvalue weighted by Gasteiger charge is 2.12. The van der Waals surface area contributed by atoms with Crippen molar-refractivity contribution < 1.29 is 14.6 Å². The molecule has 1 unspecified atom stereocenters. The van der Waals surface area contributed by atoms with Crippen molar-refractivity contribution in [2.24, 2.45) is 0 Å². The Labute approximate surface area is 114 Å². The molecule has 1 aliphatic carbocycles. The number of benzene rings is 1. The maximum Gasteiger partial charge on any atom is 0.119 e. The molecule has 2 N–H and O–H groups in total. The summed E-state index contributed by atoms with van der Waals surface area (Å²) in [6.07, 6.45) is 3.07. The standard InChI is InChI=1S/C15H23NO3/c1-18-8-7-16-10-14(17)11-19-15-6-5-12-3-2-4-13(12)9-15/h5-6,9,14,16-17H,2-4,7-8,10-11H2,1H3. The Hall–Kier alpha value is -1.10. The fourth-order valence-electron chi connectivity index (χ4n) is 2.33. The molecule has 0 spiro atoms. The van der Waals surface area contributed by atoms with Crippen LogP contribution in [0, 0.1) is 0 Å². The predicted molar refractivity (Wildman–Crippen MR) is 74.7 cm³/mol. The number of nitrogens with one attached hydrogen (secondary N) is 1. The van der Waals surface area contributed by atoms with E-state index in [0.29, 0.717) is 19.8 Å². The number of hydrogen-bond donors (Lipinski definition) is 2. The van der Waals surface area contributed by atoms with Crippen LogP contribution in [0.2, 0.25) is 0 Å². The van der Waals surface area contributed by atoms with E-state index in [2.05, 4.69) is 17.4 Å². The number of fused-ring (bicyclic) bond motifs is 1. The summed E-state index contributed by atoms with van der Waals surface area (Å²) in [6.45, 7) is 2.23. The summed E-state index contributed by atoms with van der Waals surface area (Å²) in [5.41, 5.74) is 2.83. The lowest BCUT2D eigenvalue weighted by Gasteiger charge is -2.13. The SMILES string of the molecule is COCCNCC(O)COc1ccc2c(c1)CCC2.